The molecule has 1 heterocycles. The van der Waals surface area contributed by atoms with Crippen molar-refractivity contribution in [3.05, 3.63) is 34.3 Å². The molecule has 17 heavy (non-hydrogen) atoms. The molecule has 0 aliphatic carbocycles. The van der Waals surface area contributed by atoms with Crippen LogP contribution in [0, 0.1) is 12.8 Å². The second-order valence-electron chi connectivity index (χ2n) is 4.63. The number of rotatable bonds is 3. The first kappa shape index (κ1) is 12.8. The molecule has 2 rings (SSSR count). The molecule has 1 aliphatic heterocycles. The molecule has 0 amide bonds. The molecule has 3 N–H and O–H groups in total. The van der Waals surface area contributed by atoms with E-state index in [0.29, 0.717) is 5.92 Å². The Balaban J connectivity index is 2.18. The van der Waals surface area contributed by atoms with E-state index in [1.54, 1.807) is 0 Å². The molecule has 3 nitrogen and oxygen atoms in total. The fourth-order valence-corrected chi connectivity index (χ4v) is 2.52. The number of nitrogens with two attached hydrogens (primary N) is 1. The van der Waals surface area contributed by atoms with Crippen LogP contribution in [0.15, 0.2) is 18.2 Å². The summed E-state index contributed by atoms with van der Waals surface area (Å²) in [5, 5.41) is 0.791. The van der Waals surface area contributed by atoms with Crippen LogP contribution in [0.25, 0.3) is 0 Å². The third-order valence-electron chi connectivity index (χ3n) is 3.40. The van der Waals surface area contributed by atoms with E-state index in [9.17, 15) is 0 Å². The van der Waals surface area contributed by atoms with Crippen LogP contribution in [0.4, 0.5) is 0 Å². The molecular weight excluding hydrogens is 236 g/mol. The van der Waals surface area contributed by atoms with Gasteiger partial charge in [0, 0.05) is 17.5 Å². The van der Waals surface area contributed by atoms with Crippen molar-refractivity contribution in [2.24, 2.45) is 11.8 Å². The summed E-state index contributed by atoms with van der Waals surface area (Å²) in [6, 6.07) is 6.23. The number of halogens is 1. The van der Waals surface area contributed by atoms with Gasteiger partial charge in [-0.3, -0.25) is 11.3 Å². The van der Waals surface area contributed by atoms with Gasteiger partial charge < -0.3 is 4.74 Å². The normalized spacial score (nSPS) is 22.4. The zero-order valence-corrected chi connectivity index (χ0v) is 10.8. The number of nitrogens with one attached hydrogen (secondary N) is 1. The number of aryl methyl sites for hydroxylation is 1. The summed E-state index contributed by atoms with van der Waals surface area (Å²) in [5.41, 5.74) is 5.12. The highest BCUT2D eigenvalue weighted by molar-refractivity contribution is 6.31. The van der Waals surface area contributed by atoms with Gasteiger partial charge in [-0.1, -0.05) is 23.7 Å². The minimum absolute atomic E-state index is 0.119. The van der Waals surface area contributed by atoms with E-state index in [1.807, 2.05) is 19.1 Å². The number of hydrogen-bond donors (Lipinski definition) is 2. The molecular formula is C13H19ClN2O. The van der Waals surface area contributed by atoms with E-state index in [1.165, 1.54) is 0 Å². The third-order valence-corrected chi connectivity index (χ3v) is 3.81. The Morgan fingerprint density at radius 2 is 2.35 bits per heavy atom. The van der Waals surface area contributed by atoms with E-state index >= 15 is 0 Å². The molecule has 0 saturated carbocycles. The minimum atomic E-state index is 0.119. The van der Waals surface area contributed by atoms with Gasteiger partial charge in [-0.15, -0.1) is 0 Å². The van der Waals surface area contributed by atoms with Crippen LogP contribution in [0.2, 0.25) is 5.02 Å². The Labute approximate surface area is 107 Å². The summed E-state index contributed by atoms with van der Waals surface area (Å²) in [5.74, 6) is 6.10. The SMILES string of the molecule is Cc1ccc(C(NN)C2CCCOC2)cc1Cl. The van der Waals surface area contributed by atoms with Gasteiger partial charge in [-0.25, -0.2) is 0 Å². The molecule has 0 spiro atoms. The molecule has 1 aromatic rings. The lowest BCUT2D eigenvalue weighted by molar-refractivity contribution is 0.0390. The van der Waals surface area contributed by atoms with Gasteiger partial charge in [-0.05, 0) is 37.0 Å². The van der Waals surface area contributed by atoms with Crippen molar-refractivity contribution in [1.82, 2.24) is 5.43 Å². The maximum atomic E-state index is 6.15. The fraction of sp³-hybridized carbons (Fsp3) is 0.538. The van der Waals surface area contributed by atoms with Crippen LogP contribution in [0.1, 0.15) is 30.0 Å². The maximum Gasteiger partial charge on any atom is 0.0513 e. The first-order chi connectivity index (χ1) is 8.22. The minimum Gasteiger partial charge on any atom is -0.381 e. The highest BCUT2D eigenvalue weighted by Crippen LogP contribution is 2.30. The van der Waals surface area contributed by atoms with Gasteiger partial charge in [0.2, 0.25) is 0 Å². The van der Waals surface area contributed by atoms with Crippen molar-refractivity contribution in [3.8, 4) is 0 Å². The molecule has 2 unspecified atom stereocenters. The Morgan fingerprint density at radius 3 is 2.94 bits per heavy atom. The monoisotopic (exact) mass is 254 g/mol. The van der Waals surface area contributed by atoms with Crippen molar-refractivity contribution in [2.75, 3.05) is 13.2 Å². The molecule has 0 aromatic heterocycles. The summed E-state index contributed by atoms with van der Waals surface area (Å²) in [7, 11) is 0. The van der Waals surface area contributed by atoms with Crippen LogP contribution in [-0.2, 0) is 4.74 Å². The van der Waals surface area contributed by atoms with Gasteiger partial charge in [0.05, 0.1) is 12.6 Å². The Morgan fingerprint density at radius 1 is 1.53 bits per heavy atom. The zero-order chi connectivity index (χ0) is 12.3. The van der Waals surface area contributed by atoms with Gasteiger partial charge in [0.25, 0.3) is 0 Å². The number of hydrazine groups is 1. The quantitative estimate of drug-likeness (QED) is 0.644. The van der Waals surface area contributed by atoms with E-state index in [0.717, 1.165) is 42.2 Å². The summed E-state index contributed by atoms with van der Waals surface area (Å²) in [6.07, 6.45) is 2.24. The average molecular weight is 255 g/mol. The molecule has 0 bridgehead atoms. The first-order valence-electron chi connectivity index (χ1n) is 6.02. The standard InChI is InChI=1S/C13H19ClN2O/c1-9-4-5-10(7-12(9)14)13(16-15)11-3-2-6-17-8-11/h4-5,7,11,13,16H,2-3,6,8,15H2,1H3. The number of ether oxygens (including phenoxy) is 1. The van der Waals surface area contributed by atoms with Crippen molar-refractivity contribution in [1.29, 1.82) is 0 Å². The van der Waals surface area contributed by atoms with Crippen LogP contribution < -0.4 is 11.3 Å². The number of hydrogen-bond acceptors (Lipinski definition) is 3. The molecule has 94 valence electrons. The highest BCUT2D eigenvalue weighted by atomic mass is 35.5. The van der Waals surface area contributed by atoms with Crippen LogP contribution in [0.5, 0.6) is 0 Å². The third kappa shape index (κ3) is 2.99. The lowest BCUT2D eigenvalue weighted by Gasteiger charge is -2.30. The predicted octanol–water partition coefficient (Wildman–Crippen LogP) is 2.58. The van der Waals surface area contributed by atoms with Crippen molar-refractivity contribution >= 4 is 11.6 Å². The highest BCUT2D eigenvalue weighted by Gasteiger charge is 2.24. The maximum absolute atomic E-state index is 6.15. The molecule has 1 aromatic carbocycles. The molecule has 4 heteroatoms. The number of benzene rings is 1. The Bertz CT molecular complexity index is 378. The summed E-state index contributed by atoms with van der Waals surface area (Å²) >= 11 is 6.15. The van der Waals surface area contributed by atoms with Gasteiger partial charge >= 0.3 is 0 Å². The van der Waals surface area contributed by atoms with E-state index < -0.39 is 0 Å². The second-order valence-corrected chi connectivity index (χ2v) is 5.04. The van der Waals surface area contributed by atoms with E-state index in [-0.39, 0.29) is 6.04 Å². The topological polar surface area (TPSA) is 47.3 Å². The lowest BCUT2D eigenvalue weighted by Crippen LogP contribution is -2.37. The summed E-state index contributed by atoms with van der Waals surface area (Å²) < 4.78 is 5.51. The van der Waals surface area contributed by atoms with Crippen molar-refractivity contribution in [3.63, 3.8) is 0 Å². The fourth-order valence-electron chi connectivity index (χ4n) is 2.34. The van der Waals surface area contributed by atoms with Gasteiger partial charge in [0.1, 0.15) is 0 Å². The zero-order valence-electron chi connectivity index (χ0n) is 10.1. The molecule has 1 fully saturated rings. The van der Waals surface area contributed by atoms with Crippen molar-refractivity contribution < 1.29 is 4.74 Å². The van der Waals surface area contributed by atoms with Crippen LogP contribution in [0.3, 0.4) is 0 Å². The van der Waals surface area contributed by atoms with Crippen LogP contribution in [-0.4, -0.2) is 13.2 Å². The Hall–Kier alpha value is -0.610. The molecule has 1 saturated heterocycles. The molecule has 1 aliphatic rings. The second kappa shape index (κ2) is 5.83. The van der Waals surface area contributed by atoms with Crippen LogP contribution >= 0.6 is 11.6 Å². The predicted molar refractivity (Wildman–Crippen MR) is 69.8 cm³/mol. The van der Waals surface area contributed by atoms with Gasteiger partial charge in [0.15, 0.2) is 0 Å². The Kier molecular flexibility index (Phi) is 4.40. The van der Waals surface area contributed by atoms with E-state index in [4.69, 9.17) is 22.2 Å². The molecule has 2 atom stereocenters. The van der Waals surface area contributed by atoms with Gasteiger partial charge in [-0.2, -0.15) is 0 Å². The average Bonchev–Trinajstić information content (AvgIpc) is 2.36. The summed E-state index contributed by atoms with van der Waals surface area (Å²) in [6.45, 7) is 3.63. The van der Waals surface area contributed by atoms with E-state index in [2.05, 4.69) is 11.5 Å². The molecule has 0 radical (unpaired) electrons. The lowest BCUT2D eigenvalue weighted by atomic mass is 9.89. The smallest absolute Gasteiger partial charge is 0.0513 e. The summed E-state index contributed by atoms with van der Waals surface area (Å²) in [4.78, 5) is 0. The first-order valence-corrected chi connectivity index (χ1v) is 6.40. The van der Waals surface area contributed by atoms with Crippen molar-refractivity contribution in [2.45, 2.75) is 25.8 Å². The largest absolute Gasteiger partial charge is 0.381 e.